The molecule has 1 fully saturated rings. The van der Waals surface area contributed by atoms with Crippen molar-refractivity contribution in [3.05, 3.63) is 65.7 Å². The van der Waals surface area contributed by atoms with E-state index in [0.29, 0.717) is 19.7 Å². The molecule has 5 nitrogen and oxygen atoms in total. The largest absolute Gasteiger partial charge is 0.374 e. The van der Waals surface area contributed by atoms with E-state index >= 15 is 0 Å². The fourth-order valence-corrected chi connectivity index (χ4v) is 3.17. The number of hydrogen-bond donors (Lipinski definition) is 1. The Morgan fingerprint density at radius 2 is 1.89 bits per heavy atom. The van der Waals surface area contributed by atoms with Crippen LogP contribution >= 0.6 is 0 Å². The maximum atomic E-state index is 12.5. The number of nitrogens with zero attached hydrogens (tertiary/aromatic N) is 1. The van der Waals surface area contributed by atoms with Gasteiger partial charge in [0.05, 0.1) is 18.6 Å². The zero-order chi connectivity index (χ0) is 19.2. The summed E-state index contributed by atoms with van der Waals surface area (Å²) >= 11 is 0. The van der Waals surface area contributed by atoms with Crippen LogP contribution in [0.1, 0.15) is 31.4 Å². The lowest BCUT2D eigenvalue weighted by Crippen LogP contribution is -2.32. The van der Waals surface area contributed by atoms with Crippen molar-refractivity contribution in [2.24, 2.45) is 5.92 Å². The standard InChI is InChI=1S/C22H26N2O3/c1-16(2)27-15-18-8-6-7-17(11-18)13-23-22(26)19-12-21(25)24(14-19)20-9-4-3-5-10-20/h3-11,16,19H,12-15H2,1-2H3,(H,23,26)/t19-/m0/s1. The van der Waals surface area contributed by atoms with E-state index in [1.165, 1.54) is 0 Å². The van der Waals surface area contributed by atoms with Gasteiger partial charge in [0.2, 0.25) is 11.8 Å². The smallest absolute Gasteiger partial charge is 0.227 e. The lowest BCUT2D eigenvalue weighted by molar-refractivity contribution is -0.126. The van der Waals surface area contributed by atoms with Crippen molar-refractivity contribution in [3.8, 4) is 0 Å². The number of rotatable bonds is 7. The molecule has 0 spiro atoms. The molecule has 0 unspecified atom stereocenters. The highest BCUT2D eigenvalue weighted by Crippen LogP contribution is 2.25. The summed E-state index contributed by atoms with van der Waals surface area (Å²) in [4.78, 5) is 26.5. The van der Waals surface area contributed by atoms with E-state index in [-0.39, 0.29) is 30.3 Å². The van der Waals surface area contributed by atoms with Crippen LogP contribution in [-0.4, -0.2) is 24.5 Å². The van der Waals surface area contributed by atoms with Crippen LogP contribution in [0.25, 0.3) is 0 Å². The Balaban J connectivity index is 1.54. The van der Waals surface area contributed by atoms with E-state index in [1.54, 1.807) is 4.90 Å². The first-order valence-electron chi connectivity index (χ1n) is 9.35. The summed E-state index contributed by atoms with van der Waals surface area (Å²) in [7, 11) is 0. The Hall–Kier alpha value is -2.66. The molecule has 1 aliphatic rings. The van der Waals surface area contributed by atoms with E-state index in [9.17, 15) is 9.59 Å². The third kappa shape index (κ3) is 5.17. The van der Waals surface area contributed by atoms with Gasteiger partial charge in [0, 0.05) is 25.2 Å². The topological polar surface area (TPSA) is 58.6 Å². The van der Waals surface area contributed by atoms with Gasteiger partial charge in [-0.05, 0) is 37.1 Å². The molecule has 142 valence electrons. The predicted molar refractivity (Wildman–Crippen MR) is 105 cm³/mol. The van der Waals surface area contributed by atoms with Crippen LogP contribution in [0.2, 0.25) is 0 Å². The molecule has 0 aliphatic carbocycles. The minimum Gasteiger partial charge on any atom is -0.374 e. The molecule has 1 heterocycles. The monoisotopic (exact) mass is 366 g/mol. The highest BCUT2D eigenvalue weighted by Gasteiger charge is 2.34. The minimum absolute atomic E-state index is 0.00539. The van der Waals surface area contributed by atoms with Crippen LogP contribution in [0, 0.1) is 5.92 Å². The van der Waals surface area contributed by atoms with Gasteiger partial charge in [-0.25, -0.2) is 0 Å². The zero-order valence-electron chi connectivity index (χ0n) is 15.9. The zero-order valence-corrected chi connectivity index (χ0v) is 15.9. The summed E-state index contributed by atoms with van der Waals surface area (Å²) in [6, 6.07) is 17.5. The van der Waals surface area contributed by atoms with Crippen molar-refractivity contribution in [1.82, 2.24) is 5.32 Å². The van der Waals surface area contributed by atoms with Gasteiger partial charge in [-0.15, -0.1) is 0 Å². The molecular formula is C22H26N2O3. The Bertz CT molecular complexity index is 789. The highest BCUT2D eigenvalue weighted by atomic mass is 16.5. The summed E-state index contributed by atoms with van der Waals surface area (Å²) < 4.78 is 5.63. The quantitative estimate of drug-likeness (QED) is 0.818. The highest BCUT2D eigenvalue weighted by molar-refractivity contribution is 6.00. The first-order chi connectivity index (χ1) is 13.0. The maximum Gasteiger partial charge on any atom is 0.227 e. The van der Waals surface area contributed by atoms with E-state index in [4.69, 9.17) is 4.74 Å². The fourth-order valence-electron chi connectivity index (χ4n) is 3.17. The molecule has 5 heteroatoms. The van der Waals surface area contributed by atoms with Crippen LogP contribution in [-0.2, 0) is 27.5 Å². The summed E-state index contributed by atoms with van der Waals surface area (Å²) in [6.45, 7) is 5.45. The van der Waals surface area contributed by atoms with E-state index in [1.807, 2.05) is 68.4 Å². The van der Waals surface area contributed by atoms with Gasteiger partial charge >= 0.3 is 0 Å². The van der Waals surface area contributed by atoms with Crippen LogP contribution in [0.5, 0.6) is 0 Å². The van der Waals surface area contributed by atoms with Crippen LogP contribution in [0.15, 0.2) is 54.6 Å². The third-order valence-electron chi connectivity index (χ3n) is 4.61. The number of benzene rings is 2. The lowest BCUT2D eigenvalue weighted by Gasteiger charge is -2.16. The Morgan fingerprint density at radius 1 is 1.15 bits per heavy atom. The number of amides is 2. The first kappa shape index (κ1) is 19.1. The molecule has 2 aromatic carbocycles. The van der Waals surface area contributed by atoms with Gasteiger partial charge in [0.1, 0.15) is 0 Å². The average Bonchev–Trinajstić information content (AvgIpc) is 3.07. The molecule has 1 atom stereocenters. The second kappa shape index (κ2) is 8.82. The van der Waals surface area contributed by atoms with Crippen LogP contribution < -0.4 is 10.2 Å². The molecule has 1 saturated heterocycles. The summed E-state index contributed by atoms with van der Waals surface area (Å²) in [6.07, 6.45) is 0.434. The predicted octanol–water partition coefficient (Wildman–Crippen LogP) is 3.28. The van der Waals surface area contributed by atoms with Crippen molar-refractivity contribution in [2.45, 2.75) is 39.5 Å². The van der Waals surface area contributed by atoms with E-state index in [0.717, 1.165) is 16.8 Å². The molecule has 0 saturated carbocycles. The molecule has 2 aromatic rings. The number of carbonyl (C=O) groups excluding carboxylic acids is 2. The summed E-state index contributed by atoms with van der Waals surface area (Å²) in [5, 5.41) is 2.97. The van der Waals surface area contributed by atoms with Crippen molar-refractivity contribution in [2.75, 3.05) is 11.4 Å². The number of para-hydroxylation sites is 1. The third-order valence-corrected chi connectivity index (χ3v) is 4.61. The van der Waals surface area contributed by atoms with Gasteiger partial charge in [-0.3, -0.25) is 9.59 Å². The number of carbonyl (C=O) groups is 2. The van der Waals surface area contributed by atoms with Crippen molar-refractivity contribution in [1.29, 1.82) is 0 Å². The Morgan fingerprint density at radius 3 is 2.63 bits per heavy atom. The number of nitrogens with one attached hydrogen (secondary N) is 1. The molecule has 1 aliphatic heterocycles. The van der Waals surface area contributed by atoms with E-state index in [2.05, 4.69) is 5.32 Å². The first-order valence-corrected chi connectivity index (χ1v) is 9.35. The van der Waals surface area contributed by atoms with E-state index < -0.39 is 0 Å². The average molecular weight is 366 g/mol. The van der Waals surface area contributed by atoms with Gasteiger partial charge in [0.25, 0.3) is 0 Å². The number of ether oxygens (including phenoxy) is 1. The number of hydrogen-bond acceptors (Lipinski definition) is 3. The second-order valence-corrected chi connectivity index (χ2v) is 7.14. The fraction of sp³-hybridized carbons (Fsp3) is 0.364. The minimum atomic E-state index is -0.315. The molecule has 27 heavy (non-hydrogen) atoms. The van der Waals surface area contributed by atoms with Crippen molar-refractivity contribution < 1.29 is 14.3 Å². The summed E-state index contributed by atoms with van der Waals surface area (Å²) in [5.74, 6) is -0.398. The van der Waals surface area contributed by atoms with Gasteiger partial charge in [-0.2, -0.15) is 0 Å². The van der Waals surface area contributed by atoms with Crippen molar-refractivity contribution >= 4 is 17.5 Å². The molecule has 0 bridgehead atoms. The van der Waals surface area contributed by atoms with Crippen LogP contribution in [0.3, 0.4) is 0 Å². The molecule has 1 N–H and O–H groups in total. The Labute approximate surface area is 160 Å². The molecule has 0 aromatic heterocycles. The second-order valence-electron chi connectivity index (χ2n) is 7.14. The lowest BCUT2D eigenvalue weighted by atomic mass is 10.1. The molecular weight excluding hydrogens is 340 g/mol. The number of anilines is 1. The molecule has 2 amide bonds. The van der Waals surface area contributed by atoms with Gasteiger partial charge < -0.3 is 15.0 Å². The molecule has 0 radical (unpaired) electrons. The van der Waals surface area contributed by atoms with Crippen LogP contribution in [0.4, 0.5) is 5.69 Å². The SMILES string of the molecule is CC(C)OCc1cccc(CNC(=O)[C@H]2CC(=O)N(c3ccccc3)C2)c1. The Kier molecular flexibility index (Phi) is 6.24. The summed E-state index contributed by atoms with van der Waals surface area (Å²) in [5.41, 5.74) is 2.95. The molecule has 3 rings (SSSR count). The normalized spacial score (nSPS) is 16.8. The van der Waals surface area contributed by atoms with Gasteiger partial charge in [-0.1, -0.05) is 42.5 Å². The van der Waals surface area contributed by atoms with Gasteiger partial charge in [0.15, 0.2) is 0 Å². The van der Waals surface area contributed by atoms with Crippen molar-refractivity contribution in [3.63, 3.8) is 0 Å². The maximum absolute atomic E-state index is 12.5.